The van der Waals surface area contributed by atoms with Crippen LogP contribution in [0.15, 0.2) is 17.1 Å². The highest BCUT2D eigenvalue weighted by atomic mass is 16.1. The second-order valence-corrected chi connectivity index (χ2v) is 14.1. The van der Waals surface area contributed by atoms with Crippen LogP contribution in [0, 0.1) is 51.2 Å². The molecule has 3 nitrogen and oxygen atoms in total. The fraction of sp³-hybridized carbons (Fsp3) is 0.867. The normalized spacial score (nSPS) is 52.5. The van der Waals surface area contributed by atoms with Gasteiger partial charge in [-0.3, -0.25) is 4.79 Å². The van der Waals surface area contributed by atoms with Gasteiger partial charge in [0, 0.05) is 11.8 Å². The molecule has 33 heavy (non-hydrogen) atoms. The molecule has 0 heterocycles. The van der Waals surface area contributed by atoms with Gasteiger partial charge >= 0.3 is 0 Å². The van der Waals surface area contributed by atoms with Crippen LogP contribution < -0.4 is 0 Å². The highest BCUT2D eigenvalue weighted by Crippen LogP contribution is 2.76. The van der Waals surface area contributed by atoms with E-state index in [2.05, 4.69) is 53.1 Å². The Morgan fingerprint density at radius 3 is 2.30 bits per heavy atom. The zero-order valence-corrected chi connectivity index (χ0v) is 21.9. The van der Waals surface area contributed by atoms with Crippen molar-refractivity contribution in [2.75, 3.05) is 0 Å². The van der Waals surface area contributed by atoms with Crippen LogP contribution in [0.2, 0.25) is 0 Å². The number of hydrogen-bond donors (Lipinski definition) is 0. The van der Waals surface area contributed by atoms with Gasteiger partial charge in [0.05, 0.1) is 5.54 Å². The average molecular weight is 452 g/mol. The minimum atomic E-state index is -0.209. The van der Waals surface area contributed by atoms with Crippen LogP contribution >= 0.6 is 0 Å². The maximum atomic E-state index is 12.9. The number of Topliss-reactive ketones (excluding diaryl/α,β-unsaturated/α-hetero) is 1. The van der Waals surface area contributed by atoms with Gasteiger partial charge in [0.2, 0.25) is 6.08 Å². The fourth-order valence-corrected chi connectivity index (χ4v) is 11.2. The number of aliphatic imine (C=N–C) groups is 1. The summed E-state index contributed by atoms with van der Waals surface area (Å²) in [5.41, 5.74) is 1.65. The van der Waals surface area contributed by atoms with Gasteiger partial charge in [0.25, 0.3) is 0 Å². The van der Waals surface area contributed by atoms with Crippen LogP contribution in [0.1, 0.15) is 106 Å². The zero-order valence-electron chi connectivity index (χ0n) is 21.9. The van der Waals surface area contributed by atoms with Gasteiger partial charge in [-0.15, -0.1) is 0 Å². The van der Waals surface area contributed by atoms with Crippen molar-refractivity contribution in [3.05, 3.63) is 12.2 Å². The second kappa shape index (κ2) is 7.16. The molecule has 0 N–H and O–H groups in total. The van der Waals surface area contributed by atoms with E-state index in [1.54, 1.807) is 0 Å². The largest absolute Gasteiger partial charge is 0.299 e. The number of ketones is 1. The Morgan fingerprint density at radius 1 is 0.909 bits per heavy atom. The molecule has 0 aromatic carbocycles. The van der Waals surface area contributed by atoms with Crippen molar-refractivity contribution in [1.82, 2.24) is 0 Å². The molecule has 0 spiro atoms. The summed E-state index contributed by atoms with van der Waals surface area (Å²) in [6.45, 7) is 18.8. The zero-order chi connectivity index (χ0) is 24.0. The molecule has 0 aliphatic heterocycles. The minimum Gasteiger partial charge on any atom is -0.299 e. The number of isocyanates is 1. The van der Waals surface area contributed by atoms with E-state index < -0.39 is 0 Å². The molecule has 5 aliphatic carbocycles. The first-order chi connectivity index (χ1) is 15.4. The Bertz CT molecular complexity index is 930. The Labute approximate surface area is 201 Å². The van der Waals surface area contributed by atoms with E-state index in [1.165, 1.54) is 37.7 Å². The van der Waals surface area contributed by atoms with Crippen LogP contribution in [0.5, 0.6) is 0 Å². The van der Waals surface area contributed by atoms with Crippen LogP contribution in [0.3, 0.4) is 0 Å². The third-order valence-electron chi connectivity index (χ3n) is 13.0. The van der Waals surface area contributed by atoms with Gasteiger partial charge in [-0.1, -0.05) is 46.8 Å². The van der Waals surface area contributed by atoms with E-state index in [1.807, 2.05) is 6.08 Å². The number of allylic oxidation sites excluding steroid dienone is 1. The third-order valence-corrected chi connectivity index (χ3v) is 13.0. The first-order valence-electron chi connectivity index (χ1n) is 13.7. The Kier molecular flexibility index (Phi) is 5.10. The van der Waals surface area contributed by atoms with Crippen molar-refractivity contribution < 1.29 is 9.59 Å². The average Bonchev–Trinajstić information content (AvgIpc) is 3.12. The summed E-state index contributed by atoms with van der Waals surface area (Å²) in [5.74, 6) is 3.16. The lowest BCUT2D eigenvalue weighted by Gasteiger charge is -2.72. The molecular formula is C30H45NO2. The molecule has 0 aromatic rings. The molecule has 0 unspecified atom stereocenters. The number of carbonyl (C=O) groups excluding carboxylic acids is 2. The van der Waals surface area contributed by atoms with Crippen LogP contribution in [-0.2, 0) is 9.59 Å². The fourth-order valence-electron chi connectivity index (χ4n) is 11.2. The molecule has 0 amide bonds. The van der Waals surface area contributed by atoms with Gasteiger partial charge in [0.1, 0.15) is 5.78 Å². The van der Waals surface area contributed by atoms with Crippen molar-refractivity contribution in [2.45, 2.75) is 111 Å². The van der Waals surface area contributed by atoms with Crippen molar-refractivity contribution in [3.8, 4) is 0 Å². The Morgan fingerprint density at radius 2 is 1.64 bits per heavy atom. The van der Waals surface area contributed by atoms with Gasteiger partial charge in [-0.25, -0.2) is 4.79 Å². The number of hydrogen-bond acceptors (Lipinski definition) is 3. The summed E-state index contributed by atoms with van der Waals surface area (Å²) in [5, 5.41) is 0. The predicted molar refractivity (Wildman–Crippen MR) is 132 cm³/mol. The molecule has 5 fully saturated rings. The van der Waals surface area contributed by atoms with Crippen molar-refractivity contribution in [3.63, 3.8) is 0 Å². The molecule has 182 valence electrons. The highest BCUT2D eigenvalue weighted by Gasteiger charge is 2.71. The maximum Gasteiger partial charge on any atom is 0.235 e. The molecule has 0 bridgehead atoms. The summed E-state index contributed by atoms with van der Waals surface area (Å²) in [6, 6.07) is 0. The molecule has 0 saturated heterocycles. The molecule has 0 aromatic heterocycles. The van der Waals surface area contributed by atoms with E-state index in [-0.39, 0.29) is 27.2 Å². The first-order valence-corrected chi connectivity index (χ1v) is 13.7. The van der Waals surface area contributed by atoms with Crippen LogP contribution in [-0.4, -0.2) is 17.4 Å². The van der Waals surface area contributed by atoms with Gasteiger partial charge in [-0.2, -0.15) is 4.99 Å². The van der Waals surface area contributed by atoms with E-state index in [4.69, 9.17) is 0 Å². The topological polar surface area (TPSA) is 46.5 Å². The summed E-state index contributed by atoms with van der Waals surface area (Å²) >= 11 is 0. The summed E-state index contributed by atoms with van der Waals surface area (Å²) in [6.07, 6.45) is 13.1. The summed E-state index contributed by atoms with van der Waals surface area (Å²) < 4.78 is 0. The van der Waals surface area contributed by atoms with Gasteiger partial charge in [-0.05, 0) is 111 Å². The monoisotopic (exact) mass is 451 g/mol. The lowest BCUT2D eigenvalue weighted by molar-refractivity contribution is -0.227. The molecule has 9 atom stereocenters. The molecular weight excluding hydrogens is 406 g/mol. The molecule has 3 heteroatoms. The Balaban J connectivity index is 1.57. The quantitative estimate of drug-likeness (QED) is 0.251. The van der Waals surface area contributed by atoms with Gasteiger partial charge < -0.3 is 0 Å². The van der Waals surface area contributed by atoms with Gasteiger partial charge in [0.15, 0.2) is 0 Å². The molecule has 0 radical (unpaired) electrons. The molecule has 5 rings (SSSR count). The number of nitrogens with zero attached hydrogens (tertiary/aromatic N) is 1. The van der Waals surface area contributed by atoms with E-state index in [0.717, 1.165) is 32.1 Å². The van der Waals surface area contributed by atoms with Crippen molar-refractivity contribution >= 4 is 11.9 Å². The Hall–Kier alpha value is -1.21. The van der Waals surface area contributed by atoms with Crippen molar-refractivity contribution in [1.29, 1.82) is 0 Å². The van der Waals surface area contributed by atoms with E-state index in [9.17, 15) is 9.59 Å². The predicted octanol–water partition coefficient (Wildman–Crippen LogP) is 7.30. The molecule has 5 aliphatic rings. The smallest absolute Gasteiger partial charge is 0.235 e. The minimum absolute atomic E-state index is 0.191. The lowest BCUT2D eigenvalue weighted by atomic mass is 9.32. The maximum absolute atomic E-state index is 12.9. The first kappa shape index (κ1) is 23.5. The number of carbonyl (C=O) groups is 1. The van der Waals surface area contributed by atoms with Crippen LogP contribution in [0.25, 0.3) is 0 Å². The molecule has 5 saturated carbocycles. The lowest BCUT2D eigenvalue weighted by Crippen LogP contribution is -2.66. The standard InChI is InChI=1S/C30H45NO2/c1-19(2)20-10-15-30(31-18-32)17-16-28(6)21(25(20)30)8-9-23-27(5)13-12-24(33)26(3,4)22(27)11-14-29(23,28)7/h20-23,25H,1,8-17H2,2-7H3/t20-,21+,22-,23+,25+,27-,28+,29+,30+/m0/s1. The highest BCUT2D eigenvalue weighted by molar-refractivity contribution is 5.85. The van der Waals surface area contributed by atoms with Crippen molar-refractivity contribution in [2.24, 2.45) is 56.2 Å². The number of rotatable bonds is 2. The van der Waals surface area contributed by atoms with E-state index >= 15 is 0 Å². The van der Waals surface area contributed by atoms with Crippen LogP contribution in [0.4, 0.5) is 0 Å². The summed E-state index contributed by atoms with van der Waals surface area (Å²) in [7, 11) is 0. The second-order valence-electron chi connectivity index (χ2n) is 14.1. The third kappa shape index (κ3) is 2.78. The number of fused-ring (bicyclic) bond motifs is 7. The summed E-state index contributed by atoms with van der Waals surface area (Å²) in [4.78, 5) is 29.1. The SMILES string of the molecule is C=C(C)[C@@H]1CC[C@@]2(N=C=O)CC[C@]3(C)[C@H](CC[C@@H]4[C@@]5(C)CCC(=O)C(C)(C)[C@@H]5CC[C@]43C)[C@@H]12. The van der Waals surface area contributed by atoms with E-state index in [0.29, 0.717) is 35.4 Å².